The van der Waals surface area contributed by atoms with Crippen LogP contribution in [0.5, 0.6) is 0 Å². The molecule has 1 heterocycles. The van der Waals surface area contributed by atoms with Gasteiger partial charge in [-0.15, -0.1) is 0 Å². The third kappa shape index (κ3) is 12.4. The van der Waals surface area contributed by atoms with E-state index in [0.717, 1.165) is 44.3 Å². The Kier molecular flexibility index (Phi) is 12.2. The van der Waals surface area contributed by atoms with Gasteiger partial charge in [0.1, 0.15) is 0 Å². The Morgan fingerprint density at radius 2 is 1.48 bits per heavy atom. The maximum absolute atomic E-state index is 12.2. The van der Waals surface area contributed by atoms with Crippen molar-refractivity contribution in [3.63, 3.8) is 0 Å². The van der Waals surface area contributed by atoms with Crippen LogP contribution in [0.2, 0.25) is 0 Å². The Hall–Kier alpha value is -0.690. The lowest BCUT2D eigenvalue weighted by molar-refractivity contribution is -0.134. The van der Waals surface area contributed by atoms with Crippen molar-refractivity contribution in [3.05, 3.63) is 0 Å². The lowest BCUT2D eigenvalue weighted by Gasteiger charge is -2.34. The van der Waals surface area contributed by atoms with E-state index in [9.17, 15) is 4.79 Å². The van der Waals surface area contributed by atoms with Crippen LogP contribution in [0.4, 0.5) is 0 Å². The molecule has 1 fully saturated rings. The van der Waals surface area contributed by atoms with Gasteiger partial charge in [-0.1, -0.05) is 13.8 Å². The molecule has 0 unspecified atom stereocenters. The monoisotopic (exact) mass is 386 g/mol. The Bertz CT molecular complexity index is 388. The molecule has 27 heavy (non-hydrogen) atoms. The number of hydrogen-bond donors (Lipinski definition) is 1. The molecule has 0 saturated carbocycles. The minimum Gasteiger partial charge on any atom is -0.379 e. The Morgan fingerprint density at radius 3 is 2.00 bits per heavy atom. The third-order valence-electron chi connectivity index (χ3n) is 4.94. The second-order valence-corrected chi connectivity index (χ2v) is 8.73. The van der Waals surface area contributed by atoms with E-state index in [-0.39, 0.29) is 11.4 Å². The average Bonchev–Trinajstić information content (AvgIpc) is 2.61. The Morgan fingerprint density at radius 1 is 0.963 bits per heavy atom. The van der Waals surface area contributed by atoms with Gasteiger partial charge in [0.15, 0.2) is 0 Å². The minimum absolute atomic E-state index is 0.128. The van der Waals surface area contributed by atoms with Crippen molar-refractivity contribution in [2.45, 2.75) is 59.4 Å². The number of likely N-dealkylation sites (tertiary alicyclic amines) is 1. The summed E-state index contributed by atoms with van der Waals surface area (Å²) in [5.41, 5.74) is 0.128. The van der Waals surface area contributed by atoms with Gasteiger partial charge >= 0.3 is 0 Å². The lowest BCUT2D eigenvalue weighted by Crippen LogP contribution is -2.39. The third-order valence-corrected chi connectivity index (χ3v) is 4.94. The molecule has 6 nitrogen and oxygen atoms in total. The van der Waals surface area contributed by atoms with E-state index in [2.05, 4.69) is 39.9 Å². The number of nitrogens with one attached hydrogen (secondary N) is 1. The molecule has 1 rings (SSSR count). The number of rotatable bonds is 13. The van der Waals surface area contributed by atoms with Crippen LogP contribution in [0.1, 0.15) is 53.9 Å². The van der Waals surface area contributed by atoms with Crippen molar-refractivity contribution < 1.29 is 19.0 Å². The number of ether oxygens (including phenoxy) is 3. The first-order chi connectivity index (χ1) is 12.8. The van der Waals surface area contributed by atoms with Gasteiger partial charge in [0.25, 0.3) is 0 Å². The Balaban J connectivity index is 1.87. The Labute approximate surface area is 166 Å². The molecule has 1 amide bonds. The summed E-state index contributed by atoms with van der Waals surface area (Å²) in [7, 11) is 0. The van der Waals surface area contributed by atoms with Crippen LogP contribution in [-0.2, 0) is 19.0 Å². The molecule has 1 saturated heterocycles. The van der Waals surface area contributed by atoms with Crippen molar-refractivity contribution in [3.8, 4) is 0 Å². The van der Waals surface area contributed by atoms with E-state index in [1.54, 1.807) is 0 Å². The number of amides is 1. The summed E-state index contributed by atoms with van der Waals surface area (Å²) in [6, 6.07) is 0. The predicted octanol–water partition coefficient (Wildman–Crippen LogP) is 2.71. The number of carbonyl (C=O) groups is 1. The molecule has 6 heteroatoms. The highest BCUT2D eigenvalue weighted by Gasteiger charge is 2.24. The van der Waals surface area contributed by atoms with E-state index < -0.39 is 0 Å². The largest absolute Gasteiger partial charge is 0.379 e. The molecular weight excluding hydrogens is 344 g/mol. The van der Waals surface area contributed by atoms with Gasteiger partial charge in [-0.3, -0.25) is 4.79 Å². The molecule has 0 aromatic carbocycles. The highest BCUT2D eigenvalue weighted by molar-refractivity contribution is 5.76. The van der Waals surface area contributed by atoms with E-state index in [0.29, 0.717) is 46.1 Å². The molecule has 0 bridgehead atoms. The molecule has 1 aliphatic heterocycles. The number of hydrogen-bond acceptors (Lipinski definition) is 5. The number of piperidine rings is 1. The standard InChI is InChI=1S/C21H42N2O4/c1-18(2)19-6-10-23(11-7-19)20(24)8-12-25-14-16-27-17-15-26-13-9-22-21(3,4)5/h18-19,22H,6-17H2,1-5H3. The second-order valence-electron chi connectivity index (χ2n) is 8.73. The molecule has 0 atom stereocenters. The van der Waals surface area contributed by atoms with Gasteiger partial charge in [-0.25, -0.2) is 0 Å². The van der Waals surface area contributed by atoms with Crippen LogP contribution < -0.4 is 5.32 Å². The van der Waals surface area contributed by atoms with Crippen LogP contribution in [0.3, 0.4) is 0 Å². The molecule has 1 aliphatic rings. The van der Waals surface area contributed by atoms with Gasteiger partial charge in [-0.05, 0) is 45.4 Å². The first kappa shape index (κ1) is 24.3. The zero-order chi connectivity index (χ0) is 20.1. The SMILES string of the molecule is CC(C)C1CCN(C(=O)CCOCCOCCOCCNC(C)(C)C)CC1. The summed E-state index contributed by atoms with van der Waals surface area (Å²) in [5.74, 6) is 1.70. The quantitative estimate of drug-likeness (QED) is 0.493. The van der Waals surface area contributed by atoms with E-state index >= 15 is 0 Å². The highest BCUT2D eigenvalue weighted by atomic mass is 16.5. The van der Waals surface area contributed by atoms with E-state index in [1.807, 2.05) is 4.90 Å². The van der Waals surface area contributed by atoms with Gasteiger partial charge in [-0.2, -0.15) is 0 Å². The zero-order valence-electron chi connectivity index (χ0n) is 18.2. The van der Waals surface area contributed by atoms with Crippen LogP contribution in [0.15, 0.2) is 0 Å². The van der Waals surface area contributed by atoms with E-state index in [4.69, 9.17) is 14.2 Å². The summed E-state index contributed by atoms with van der Waals surface area (Å²) in [6.45, 7) is 17.0. The van der Waals surface area contributed by atoms with Gasteiger partial charge < -0.3 is 24.4 Å². The van der Waals surface area contributed by atoms with Crippen molar-refractivity contribution in [2.24, 2.45) is 11.8 Å². The highest BCUT2D eigenvalue weighted by Crippen LogP contribution is 2.24. The topological polar surface area (TPSA) is 60.0 Å². The van der Waals surface area contributed by atoms with Crippen molar-refractivity contribution in [1.82, 2.24) is 10.2 Å². The number of carbonyl (C=O) groups excluding carboxylic acids is 1. The summed E-state index contributed by atoms with van der Waals surface area (Å²) < 4.78 is 16.5. The van der Waals surface area contributed by atoms with Crippen molar-refractivity contribution >= 4 is 5.91 Å². The van der Waals surface area contributed by atoms with Crippen molar-refractivity contribution in [1.29, 1.82) is 0 Å². The first-order valence-electron chi connectivity index (χ1n) is 10.6. The van der Waals surface area contributed by atoms with Crippen LogP contribution in [0.25, 0.3) is 0 Å². The van der Waals surface area contributed by atoms with Gasteiger partial charge in [0, 0.05) is 25.2 Å². The first-order valence-corrected chi connectivity index (χ1v) is 10.6. The lowest BCUT2D eigenvalue weighted by atomic mass is 9.86. The zero-order valence-corrected chi connectivity index (χ0v) is 18.2. The van der Waals surface area contributed by atoms with Gasteiger partial charge in [0.2, 0.25) is 5.91 Å². The maximum atomic E-state index is 12.2. The van der Waals surface area contributed by atoms with Crippen LogP contribution >= 0.6 is 0 Å². The summed E-state index contributed by atoms with van der Waals surface area (Å²) in [5, 5.41) is 3.37. The predicted molar refractivity (Wildman–Crippen MR) is 109 cm³/mol. The number of nitrogens with zero attached hydrogens (tertiary/aromatic N) is 1. The average molecular weight is 387 g/mol. The normalized spacial score (nSPS) is 16.3. The molecule has 1 N–H and O–H groups in total. The molecule has 0 spiro atoms. The molecule has 0 aromatic heterocycles. The van der Waals surface area contributed by atoms with E-state index in [1.165, 1.54) is 0 Å². The summed E-state index contributed by atoms with van der Waals surface area (Å²) >= 11 is 0. The van der Waals surface area contributed by atoms with Gasteiger partial charge in [0.05, 0.1) is 46.1 Å². The molecule has 0 radical (unpaired) electrons. The molecular formula is C21H42N2O4. The molecule has 0 aliphatic carbocycles. The smallest absolute Gasteiger partial charge is 0.224 e. The second kappa shape index (κ2) is 13.5. The summed E-state index contributed by atoms with van der Waals surface area (Å²) in [4.78, 5) is 14.2. The van der Waals surface area contributed by atoms with Crippen LogP contribution in [0, 0.1) is 11.8 Å². The fourth-order valence-corrected chi connectivity index (χ4v) is 3.17. The maximum Gasteiger partial charge on any atom is 0.224 e. The minimum atomic E-state index is 0.128. The molecule has 160 valence electrons. The fourth-order valence-electron chi connectivity index (χ4n) is 3.17. The molecule has 0 aromatic rings. The summed E-state index contributed by atoms with van der Waals surface area (Å²) in [6.07, 6.45) is 2.73. The van der Waals surface area contributed by atoms with Crippen molar-refractivity contribution in [2.75, 3.05) is 59.3 Å². The van der Waals surface area contributed by atoms with Crippen LogP contribution in [-0.4, -0.2) is 75.6 Å². The fraction of sp³-hybridized carbons (Fsp3) is 0.952.